The number of ether oxygens (including phenoxy) is 1. The van der Waals surface area contributed by atoms with Gasteiger partial charge in [0.15, 0.2) is 9.84 Å². The van der Waals surface area contributed by atoms with Gasteiger partial charge < -0.3 is 9.84 Å². The third kappa shape index (κ3) is 2.88. The molecule has 1 N–H and O–H groups in total. The molecule has 0 fully saturated rings. The van der Waals surface area contributed by atoms with Crippen molar-refractivity contribution >= 4 is 15.8 Å². The summed E-state index contributed by atoms with van der Waals surface area (Å²) in [5.41, 5.74) is 0.529. The Morgan fingerprint density at radius 2 is 2.06 bits per heavy atom. The van der Waals surface area contributed by atoms with Gasteiger partial charge in [0.1, 0.15) is 0 Å². The van der Waals surface area contributed by atoms with E-state index in [9.17, 15) is 13.2 Å². The Morgan fingerprint density at radius 3 is 2.56 bits per heavy atom. The summed E-state index contributed by atoms with van der Waals surface area (Å²) in [6.07, 6.45) is 0. The van der Waals surface area contributed by atoms with E-state index in [0.717, 1.165) is 0 Å². The Labute approximate surface area is 106 Å². The second kappa shape index (κ2) is 5.49. The maximum absolute atomic E-state index is 12.1. The summed E-state index contributed by atoms with van der Waals surface area (Å²) in [7, 11) is -2.14. The van der Waals surface area contributed by atoms with E-state index in [1.54, 1.807) is 6.92 Å². The van der Waals surface area contributed by atoms with E-state index < -0.39 is 21.1 Å². The number of hydrogen-bond acceptors (Lipinski definition) is 4. The molecule has 0 amide bonds. The van der Waals surface area contributed by atoms with Crippen molar-refractivity contribution in [2.75, 3.05) is 13.7 Å². The lowest BCUT2D eigenvalue weighted by Crippen LogP contribution is -2.23. The molecule has 0 heterocycles. The summed E-state index contributed by atoms with van der Waals surface area (Å²) in [6.45, 7) is 3.22. The number of sulfone groups is 1. The summed E-state index contributed by atoms with van der Waals surface area (Å²) in [4.78, 5) is 11.0. The fourth-order valence-electron chi connectivity index (χ4n) is 1.57. The molecule has 0 aliphatic carbocycles. The second-order valence-corrected chi connectivity index (χ2v) is 6.46. The van der Waals surface area contributed by atoms with Gasteiger partial charge in [-0.25, -0.2) is 13.2 Å². The number of hydrogen-bond donors (Lipinski definition) is 1. The van der Waals surface area contributed by atoms with Crippen molar-refractivity contribution in [3.63, 3.8) is 0 Å². The van der Waals surface area contributed by atoms with Crippen LogP contribution in [0, 0.1) is 6.92 Å². The first kappa shape index (κ1) is 14.7. The van der Waals surface area contributed by atoms with Gasteiger partial charge in [-0.2, -0.15) is 0 Å². The summed E-state index contributed by atoms with van der Waals surface area (Å²) in [5.74, 6) is -1.14. The number of methoxy groups -OCH3 is 1. The van der Waals surface area contributed by atoms with Crippen molar-refractivity contribution in [1.82, 2.24) is 0 Å². The Morgan fingerprint density at radius 1 is 1.44 bits per heavy atom. The molecule has 0 spiro atoms. The van der Waals surface area contributed by atoms with Crippen LogP contribution in [0.5, 0.6) is 0 Å². The molecule has 0 aliphatic heterocycles. The number of carboxylic acids is 1. The Hall–Kier alpha value is -1.40. The zero-order chi connectivity index (χ0) is 13.9. The summed E-state index contributed by atoms with van der Waals surface area (Å²) in [6, 6.07) is 4.11. The van der Waals surface area contributed by atoms with E-state index in [-0.39, 0.29) is 17.1 Å². The second-order valence-electron chi connectivity index (χ2n) is 4.09. The summed E-state index contributed by atoms with van der Waals surface area (Å²) >= 11 is 0. The number of carboxylic acid groups (broad SMARTS) is 1. The van der Waals surface area contributed by atoms with Gasteiger partial charge in [0.25, 0.3) is 0 Å². The predicted octanol–water partition coefficient (Wildman–Crippen LogP) is 1.50. The highest BCUT2D eigenvalue weighted by atomic mass is 32.2. The lowest BCUT2D eigenvalue weighted by Gasteiger charge is -2.13. The number of rotatable bonds is 5. The van der Waals surface area contributed by atoms with Crippen molar-refractivity contribution < 1.29 is 23.1 Å². The molecule has 5 nitrogen and oxygen atoms in total. The van der Waals surface area contributed by atoms with Crippen LogP contribution in [0.25, 0.3) is 0 Å². The molecular weight excluding hydrogens is 256 g/mol. The largest absolute Gasteiger partial charge is 0.478 e. The smallest absolute Gasteiger partial charge is 0.335 e. The predicted molar refractivity (Wildman–Crippen MR) is 66.7 cm³/mol. The molecule has 0 radical (unpaired) electrons. The zero-order valence-corrected chi connectivity index (χ0v) is 11.3. The Kier molecular flexibility index (Phi) is 4.48. The topological polar surface area (TPSA) is 80.7 Å². The first-order valence-electron chi connectivity index (χ1n) is 5.37. The highest BCUT2D eigenvalue weighted by Gasteiger charge is 2.24. The molecule has 0 aromatic heterocycles. The molecule has 100 valence electrons. The fraction of sp³-hybridized carbons (Fsp3) is 0.417. The zero-order valence-electron chi connectivity index (χ0n) is 10.5. The van der Waals surface area contributed by atoms with Crippen LogP contribution in [0.1, 0.15) is 22.8 Å². The first-order valence-corrected chi connectivity index (χ1v) is 6.92. The normalized spacial score (nSPS) is 13.3. The molecule has 1 unspecified atom stereocenters. The van der Waals surface area contributed by atoms with Crippen LogP contribution in [0.4, 0.5) is 0 Å². The number of aromatic carboxylic acids is 1. The molecule has 1 atom stereocenters. The van der Waals surface area contributed by atoms with Gasteiger partial charge in [0, 0.05) is 7.11 Å². The number of benzene rings is 1. The van der Waals surface area contributed by atoms with Crippen LogP contribution in [0.3, 0.4) is 0 Å². The molecular formula is C12H16O5S. The van der Waals surface area contributed by atoms with Crippen molar-refractivity contribution in [2.45, 2.75) is 24.0 Å². The van der Waals surface area contributed by atoms with Gasteiger partial charge >= 0.3 is 5.97 Å². The highest BCUT2D eigenvalue weighted by Crippen LogP contribution is 2.20. The van der Waals surface area contributed by atoms with E-state index in [0.29, 0.717) is 5.56 Å². The van der Waals surface area contributed by atoms with Crippen LogP contribution >= 0.6 is 0 Å². The molecule has 1 rings (SSSR count). The molecule has 6 heteroatoms. The van der Waals surface area contributed by atoms with E-state index in [2.05, 4.69) is 0 Å². The van der Waals surface area contributed by atoms with Gasteiger partial charge in [0.2, 0.25) is 0 Å². The van der Waals surface area contributed by atoms with Crippen LogP contribution in [0.2, 0.25) is 0 Å². The van der Waals surface area contributed by atoms with Crippen LogP contribution in [0.15, 0.2) is 23.1 Å². The minimum atomic E-state index is -3.56. The lowest BCUT2D eigenvalue weighted by molar-refractivity contribution is 0.0696. The monoisotopic (exact) mass is 272 g/mol. The van der Waals surface area contributed by atoms with Crippen molar-refractivity contribution in [3.8, 4) is 0 Å². The van der Waals surface area contributed by atoms with E-state index >= 15 is 0 Å². The highest BCUT2D eigenvalue weighted by molar-refractivity contribution is 7.92. The van der Waals surface area contributed by atoms with Gasteiger partial charge in [-0.1, -0.05) is 6.07 Å². The third-order valence-electron chi connectivity index (χ3n) is 2.70. The van der Waals surface area contributed by atoms with Crippen LogP contribution in [-0.4, -0.2) is 38.5 Å². The van der Waals surface area contributed by atoms with Crippen LogP contribution in [-0.2, 0) is 14.6 Å². The minimum absolute atomic E-state index is 0.000641. The minimum Gasteiger partial charge on any atom is -0.478 e. The number of carbonyl (C=O) groups is 1. The average molecular weight is 272 g/mol. The summed E-state index contributed by atoms with van der Waals surface area (Å²) < 4.78 is 29.1. The fourth-order valence-corrected chi connectivity index (χ4v) is 2.88. The van der Waals surface area contributed by atoms with Crippen molar-refractivity contribution in [2.24, 2.45) is 0 Å². The quantitative estimate of drug-likeness (QED) is 0.878. The molecule has 18 heavy (non-hydrogen) atoms. The van der Waals surface area contributed by atoms with E-state index in [1.165, 1.54) is 32.2 Å². The SMILES string of the molecule is COCC(C)S(=O)(=O)c1ccc(C)c(C(=O)O)c1. The van der Waals surface area contributed by atoms with Crippen molar-refractivity contribution in [1.29, 1.82) is 0 Å². The Balaban J connectivity index is 3.26. The Bertz CT molecular complexity index is 548. The van der Waals surface area contributed by atoms with Gasteiger partial charge in [-0.15, -0.1) is 0 Å². The molecule has 0 bridgehead atoms. The number of aryl methyl sites for hydroxylation is 1. The van der Waals surface area contributed by atoms with Crippen LogP contribution < -0.4 is 0 Å². The van der Waals surface area contributed by atoms with E-state index in [4.69, 9.17) is 9.84 Å². The third-order valence-corrected chi connectivity index (χ3v) is 4.81. The molecule has 0 aliphatic rings. The molecule has 1 aromatic rings. The maximum Gasteiger partial charge on any atom is 0.335 e. The molecule has 0 saturated carbocycles. The van der Waals surface area contributed by atoms with Gasteiger partial charge in [0.05, 0.1) is 22.3 Å². The maximum atomic E-state index is 12.1. The summed E-state index contributed by atoms with van der Waals surface area (Å²) in [5, 5.41) is 8.26. The first-order chi connectivity index (χ1) is 8.30. The van der Waals surface area contributed by atoms with Crippen molar-refractivity contribution in [3.05, 3.63) is 29.3 Å². The van der Waals surface area contributed by atoms with Gasteiger partial charge in [-0.3, -0.25) is 0 Å². The standard InChI is InChI=1S/C12H16O5S/c1-8-4-5-10(6-11(8)12(13)14)18(15,16)9(2)7-17-3/h4-6,9H,7H2,1-3H3,(H,13,14). The average Bonchev–Trinajstić information content (AvgIpc) is 2.29. The molecule has 0 saturated heterocycles. The van der Waals surface area contributed by atoms with E-state index in [1.807, 2.05) is 0 Å². The van der Waals surface area contributed by atoms with Gasteiger partial charge in [-0.05, 0) is 31.5 Å². The molecule has 1 aromatic carbocycles. The lowest BCUT2D eigenvalue weighted by atomic mass is 10.1.